The van der Waals surface area contributed by atoms with Crippen molar-refractivity contribution in [2.45, 2.75) is 6.92 Å². The molecular formula is C14H10N4. The Hall–Kier alpha value is -2.67. The van der Waals surface area contributed by atoms with Crippen molar-refractivity contribution in [3.63, 3.8) is 0 Å². The molecule has 1 aromatic carbocycles. The summed E-state index contributed by atoms with van der Waals surface area (Å²) < 4.78 is 0. The number of hydrogen-bond acceptors (Lipinski definition) is 3. The second kappa shape index (κ2) is 3.97. The Kier molecular flexibility index (Phi) is 2.31. The van der Waals surface area contributed by atoms with Crippen LogP contribution >= 0.6 is 0 Å². The number of pyridine rings is 1. The molecule has 4 nitrogen and oxygen atoms in total. The number of H-pyrrole nitrogens is 1. The molecule has 0 unspecified atom stereocenters. The standard InChI is InChI=1S/C14H10N4/c1-9-4-5-16-8-11(9)10-2-3-12-13(6-10)18-14(7-15)17-12/h2-6,8H,1H3,(H,17,18). The molecule has 0 radical (unpaired) electrons. The van der Waals surface area contributed by atoms with E-state index in [1.807, 2.05) is 43.5 Å². The van der Waals surface area contributed by atoms with Crippen molar-refractivity contribution in [3.8, 4) is 17.2 Å². The number of nitrogens with one attached hydrogen (secondary N) is 1. The summed E-state index contributed by atoms with van der Waals surface area (Å²) >= 11 is 0. The van der Waals surface area contributed by atoms with E-state index in [1.54, 1.807) is 6.20 Å². The summed E-state index contributed by atoms with van der Waals surface area (Å²) in [6.07, 6.45) is 3.62. The van der Waals surface area contributed by atoms with E-state index in [9.17, 15) is 0 Å². The van der Waals surface area contributed by atoms with Crippen molar-refractivity contribution < 1.29 is 0 Å². The fraction of sp³-hybridized carbons (Fsp3) is 0.0714. The van der Waals surface area contributed by atoms with Gasteiger partial charge in [0.1, 0.15) is 6.07 Å². The number of aryl methyl sites for hydroxylation is 1. The lowest BCUT2D eigenvalue weighted by molar-refractivity contribution is 1.25. The summed E-state index contributed by atoms with van der Waals surface area (Å²) in [4.78, 5) is 11.3. The molecule has 0 amide bonds. The summed E-state index contributed by atoms with van der Waals surface area (Å²) in [7, 11) is 0. The summed E-state index contributed by atoms with van der Waals surface area (Å²) in [5, 5.41) is 8.82. The van der Waals surface area contributed by atoms with Crippen LogP contribution in [0.25, 0.3) is 22.2 Å². The average molecular weight is 234 g/mol. The number of hydrogen-bond donors (Lipinski definition) is 1. The third-order valence-corrected chi connectivity index (χ3v) is 2.94. The van der Waals surface area contributed by atoms with Crippen LogP contribution in [-0.4, -0.2) is 15.0 Å². The van der Waals surface area contributed by atoms with Gasteiger partial charge in [0.2, 0.25) is 5.82 Å². The van der Waals surface area contributed by atoms with Crippen LogP contribution in [-0.2, 0) is 0 Å². The van der Waals surface area contributed by atoms with Crippen LogP contribution < -0.4 is 0 Å². The van der Waals surface area contributed by atoms with E-state index in [-0.39, 0.29) is 0 Å². The summed E-state index contributed by atoms with van der Waals surface area (Å²) in [6.45, 7) is 2.05. The van der Waals surface area contributed by atoms with Gasteiger partial charge in [-0.2, -0.15) is 5.26 Å². The zero-order chi connectivity index (χ0) is 12.5. The first-order valence-electron chi connectivity index (χ1n) is 5.59. The molecule has 3 rings (SSSR count). The molecule has 2 heterocycles. The van der Waals surface area contributed by atoms with Crippen LogP contribution in [0.5, 0.6) is 0 Å². The molecule has 0 saturated carbocycles. The number of fused-ring (bicyclic) bond motifs is 1. The molecule has 0 aliphatic heterocycles. The molecule has 0 spiro atoms. The Bertz CT molecular complexity index is 765. The second-order valence-corrected chi connectivity index (χ2v) is 4.12. The van der Waals surface area contributed by atoms with E-state index in [0.29, 0.717) is 5.82 Å². The normalized spacial score (nSPS) is 10.4. The van der Waals surface area contributed by atoms with E-state index in [1.165, 1.54) is 5.56 Å². The van der Waals surface area contributed by atoms with Crippen LogP contribution in [0.4, 0.5) is 0 Å². The predicted octanol–water partition coefficient (Wildman–Crippen LogP) is 2.80. The quantitative estimate of drug-likeness (QED) is 0.704. The number of imidazole rings is 1. The van der Waals surface area contributed by atoms with Gasteiger partial charge in [-0.05, 0) is 36.2 Å². The molecular weight excluding hydrogens is 224 g/mol. The third kappa shape index (κ3) is 1.62. The molecule has 3 aromatic rings. The van der Waals surface area contributed by atoms with Gasteiger partial charge in [-0.1, -0.05) is 6.07 Å². The number of nitriles is 1. The van der Waals surface area contributed by atoms with Crippen molar-refractivity contribution in [1.82, 2.24) is 15.0 Å². The lowest BCUT2D eigenvalue weighted by Gasteiger charge is -2.04. The summed E-state index contributed by atoms with van der Waals surface area (Å²) in [5.41, 5.74) is 4.98. The predicted molar refractivity (Wildman–Crippen MR) is 68.8 cm³/mol. The fourth-order valence-corrected chi connectivity index (χ4v) is 1.99. The van der Waals surface area contributed by atoms with Gasteiger partial charge in [0, 0.05) is 18.0 Å². The first kappa shape index (κ1) is 10.5. The highest BCUT2D eigenvalue weighted by molar-refractivity contribution is 5.82. The zero-order valence-electron chi connectivity index (χ0n) is 9.81. The number of aromatic amines is 1. The van der Waals surface area contributed by atoms with Gasteiger partial charge in [-0.15, -0.1) is 0 Å². The summed E-state index contributed by atoms with van der Waals surface area (Å²) in [5.74, 6) is 0.338. The molecule has 2 aromatic heterocycles. The van der Waals surface area contributed by atoms with E-state index in [0.717, 1.165) is 22.2 Å². The Labute approximate surface area is 104 Å². The Morgan fingerprint density at radius 1 is 1.28 bits per heavy atom. The van der Waals surface area contributed by atoms with Gasteiger partial charge in [-0.3, -0.25) is 4.98 Å². The highest BCUT2D eigenvalue weighted by Crippen LogP contribution is 2.25. The topological polar surface area (TPSA) is 65.4 Å². The van der Waals surface area contributed by atoms with Crippen LogP contribution in [0.1, 0.15) is 11.4 Å². The molecule has 86 valence electrons. The van der Waals surface area contributed by atoms with Crippen LogP contribution in [0, 0.1) is 18.3 Å². The van der Waals surface area contributed by atoms with E-state index in [2.05, 4.69) is 15.0 Å². The number of rotatable bonds is 1. The van der Waals surface area contributed by atoms with Gasteiger partial charge in [0.15, 0.2) is 0 Å². The molecule has 0 atom stereocenters. The molecule has 18 heavy (non-hydrogen) atoms. The van der Waals surface area contributed by atoms with Gasteiger partial charge in [0.25, 0.3) is 0 Å². The maximum atomic E-state index is 8.82. The monoisotopic (exact) mass is 234 g/mol. The lowest BCUT2D eigenvalue weighted by Crippen LogP contribution is -1.84. The van der Waals surface area contributed by atoms with E-state index in [4.69, 9.17) is 5.26 Å². The molecule has 4 heteroatoms. The van der Waals surface area contributed by atoms with Gasteiger partial charge in [0.05, 0.1) is 11.0 Å². The second-order valence-electron chi connectivity index (χ2n) is 4.12. The van der Waals surface area contributed by atoms with Gasteiger partial charge in [-0.25, -0.2) is 4.98 Å². The zero-order valence-corrected chi connectivity index (χ0v) is 9.81. The highest BCUT2D eigenvalue weighted by Gasteiger charge is 2.06. The number of nitrogens with zero attached hydrogens (tertiary/aromatic N) is 3. The summed E-state index contributed by atoms with van der Waals surface area (Å²) in [6, 6.07) is 9.89. The average Bonchev–Trinajstić information content (AvgIpc) is 2.81. The number of benzene rings is 1. The maximum Gasteiger partial charge on any atom is 0.211 e. The Morgan fingerprint density at radius 2 is 2.17 bits per heavy atom. The van der Waals surface area contributed by atoms with Crippen molar-refractivity contribution in [3.05, 3.63) is 48.0 Å². The minimum atomic E-state index is 0.338. The molecule has 1 N–H and O–H groups in total. The van der Waals surface area contributed by atoms with Gasteiger partial charge >= 0.3 is 0 Å². The minimum absolute atomic E-state index is 0.338. The van der Waals surface area contributed by atoms with Gasteiger partial charge < -0.3 is 4.98 Å². The Morgan fingerprint density at radius 3 is 2.94 bits per heavy atom. The highest BCUT2D eigenvalue weighted by atomic mass is 14.9. The van der Waals surface area contributed by atoms with Crippen molar-refractivity contribution in [2.24, 2.45) is 0 Å². The molecule has 0 saturated heterocycles. The van der Waals surface area contributed by atoms with Crippen molar-refractivity contribution in [1.29, 1.82) is 5.26 Å². The van der Waals surface area contributed by atoms with Crippen LogP contribution in [0.3, 0.4) is 0 Å². The fourth-order valence-electron chi connectivity index (χ4n) is 1.99. The Balaban J connectivity index is 2.20. The molecule has 0 aliphatic rings. The van der Waals surface area contributed by atoms with Crippen LogP contribution in [0.15, 0.2) is 36.7 Å². The van der Waals surface area contributed by atoms with Crippen molar-refractivity contribution >= 4 is 11.0 Å². The smallest absolute Gasteiger partial charge is 0.211 e. The number of aromatic nitrogens is 3. The largest absolute Gasteiger partial charge is 0.329 e. The molecule has 0 fully saturated rings. The van der Waals surface area contributed by atoms with Crippen molar-refractivity contribution in [2.75, 3.05) is 0 Å². The third-order valence-electron chi connectivity index (χ3n) is 2.94. The lowest BCUT2D eigenvalue weighted by atomic mass is 10.0. The first-order chi connectivity index (χ1) is 8.78. The molecule has 0 aliphatic carbocycles. The van der Waals surface area contributed by atoms with E-state index >= 15 is 0 Å². The van der Waals surface area contributed by atoms with Crippen LogP contribution in [0.2, 0.25) is 0 Å². The maximum absolute atomic E-state index is 8.82. The SMILES string of the molecule is Cc1ccncc1-c1ccc2[nH]c(C#N)nc2c1. The minimum Gasteiger partial charge on any atom is -0.329 e. The first-order valence-corrected chi connectivity index (χ1v) is 5.59. The molecule has 0 bridgehead atoms. The van der Waals surface area contributed by atoms with E-state index < -0.39 is 0 Å².